The third-order valence-corrected chi connectivity index (χ3v) is 6.25. The Hall–Kier alpha value is -2.98. The van der Waals surface area contributed by atoms with Crippen molar-refractivity contribution in [2.45, 2.75) is 12.7 Å². The van der Waals surface area contributed by atoms with E-state index in [1.54, 1.807) is 0 Å². The van der Waals surface area contributed by atoms with Crippen LogP contribution in [0.3, 0.4) is 0 Å². The van der Waals surface area contributed by atoms with Gasteiger partial charge in [-0.1, -0.05) is 48.5 Å². The zero-order valence-electron chi connectivity index (χ0n) is 14.0. The fourth-order valence-electron chi connectivity index (χ4n) is 4.15. The van der Waals surface area contributed by atoms with E-state index in [0.29, 0.717) is 6.54 Å². The molecule has 1 unspecified atom stereocenters. The van der Waals surface area contributed by atoms with E-state index >= 15 is 0 Å². The molecule has 2 aromatic heterocycles. The van der Waals surface area contributed by atoms with Crippen LogP contribution in [-0.4, -0.2) is 4.57 Å². The average molecular weight is 353 g/mol. The summed E-state index contributed by atoms with van der Waals surface area (Å²) < 4.78 is 3.70. The van der Waals surface area contributed by atoms with Crippen LogP contribution in [-0.2, 0) is 6.54 Å². The molecule has 0 N–H and O–H groups in total. The Morgan fingerprint density at radius 2 is 1.77 bits per heavy atom. The standard InChI is InChI=1S/C22H15N3S/c1-2-6-16-15(5-1)13-23-24-22(16)25-18-8-4-3-7-17(18)20-19(25)10-9-14-11-12-26-21(14)20/h1-12,22H,13H2. The van der Waals surface area contributed by atoms with Gasteiger partial charge in [-0.2, -0.15) is 10.2 Å². The molecule has 1 aliphatic rings. The van der Waals surface area contributed by atoms with Crippen LogP contribution in [0.4, 0.5) is 0 Å². The fraction of sp³-hybridized carbons (Fsp3) is 0.0909. The lowest BCUT2D eigenvalue weighted by Gasteiger charge is -2.22. The van der Waals surface area contributed by atoms with Crippen molar-refractivity contribution in [3.8, 4) is 0 Å². The number of para-hydroxylation sites is 1. The van der Waals surface area contributed by atoms with Crippen molar-refractivity contribution in [3.05, 3.63) is 83.2 Å². The van der Waals surface area contributed by atoms with Crippen LogP contribution in [0.15, 0.2) is 82.3 Å². The number of azo groups is 1. The summed E-state index contributed by atoms with van der Waals surface area (Å²) in [5.41, 5.74) is 4.94. The summed E-state index contributed by atoms with van der Waals surface area (Å²) in [4.78, 5) is 0. The van der Waals surface area contributed by atoms with Crippen molar-refractivity contribution >= 4 is 43.2 Å². The summed E-state index contributed by atoms with van der Waals surface area (Å²) in [6.45, 7) is 0.666. The Kier molecular flexibility index (Phi) is 2.87. The molecule has 1 atom stereocenters. The highest BCUT2D eigenvalue weighted by atomic mass is 32.1. The molecule has 0 fully saturated rings. The zero-order chi connectivity index (χ0) is 17.1. The first kappa shape index (κ1) is 14.2. The summed E-state index contributed by atoms with van der Waals surface area (Å²) in [5, 5.41) is 15.2. The van der Waals surface area contributed by atoms with E-state index < -0.39 is 0 Å². The first-order valence-corrected chi connectivity index (χ1v) is 9.63. The molecule has 0 saturated carbocycles. The lowest BCUT2D eigenvalue weighted by Crippen LogP contribution is -2.12. The lowest BCUT2D eigenvalue weighted by molar-refractivity contribution is 0.573. The average Bonchev–Trinajstić information content (AvgIpc) is 3.29. The van der Waals surface area contributed by atoms with Crippen molar-refractivity contribution in [2.24, 2.45) is 10.2 Å². The quantitative estimate of drug-likeness (QED) is 0.328. The van der Waals surface area contributed by atoms with E-state index in [-0.39, 0.29) is 6.17 Å². The molecule has 6 rings (SSSR count). The van der Waals surface area contributed by atoms with Crippen molar-refractivity contribution in [3.63, 3.8) is 0 Å². The van der Waals surface area contributed by atoms with E-state index in [2.05, 4.69) is 86.9 Å². The normalized spacial score (nSPS) is 16.5. The van der Waals surface area contributed by atoms with Gasteiger partial charge in [-0.25, -0.2) is 0 Å². The molecule has 3 aromatic carbocycles. The number of thiophene rings is 1. The van der Waals surface area contributed by atoms with Gasteiger partial charge < -0.3 is 4.57 Å². The topological polar surface area (TPSA) is 29.6 Å². The maximum atomic E-state index is 4.67. The van der Waals surface area contributed by atoms with Crippen molar-refractivity contribution in [1.82, 2.24) is 4.57 Å². The number of fused-ring (bicyclic) bond motifs is 6. The van der Waals surface area contributed by atoms with Crippen LogP contribution >= 0.6 is 11.3 Å². The molecule has 26 heavy (non-hydrogen) atoms. The second-order valence-electron chi connectivity index (χ2n) is 6.67. The van der Waals surface area contributed by atoms with E-state index in [9.17, 15) is 0 Å². The molecule has 0 aliphatic carbocycles. The van der Waals surface area contributed by atoms with E-state index in [1.165, 1.54) is 43.0 Å². The van der Waals surface area contributed by atoms with Crippen LogP contribution < -0.4 is 0 Å². The number of benzene rings is 3. The first-order valence-electron chi connectivity index (χ1n) is 8.75. The van der Waals surface area contributed by atoms with E-state index in [0.717, 1.165) is 0 Å². The monoisotopic (exact) mass is 353 g/mol. The molecule has 0 radical (unpaired) electrons. The van der Waals surface area contributed by atoms with Crippen LogP contribution in [0.25, 0.3) is 31.9 Å². The van der Waals surface area contributed by atoms with Gasteiger partial charge in [-0.05, 0) is 34.5 Å². The van der Waals surface area contributed by atoms with Crippen molar-refractivity contribution in [2.75, 3.05) is 0 Å². The van der Waals surface area contributed by atoms with Gasteiger partial charge in [-0.15, -0.1) is 11.3 Å². The van der Waals surface area contributed by atoms with Crippen LogP contribution in [0.2, 0.25) is 0 Å². The maximum absolute atomic E-state index is 4.67. The van der Waals surface area contributed by atoms with Crippen LogP contribution in [0.1, 0.15) is 17.3 Å². The largest absolute Gasteiger partial charge is 0.312 e. The molecule has 0 spiro atoms. The second kappa shape index (κ2) is 5.26. The van der Waals surface area contributed by atoms with Gasteiger partial charge in [0.2, 0.25) is 0 Å². The third kappa shape index (κ3) is 1.82. The van der Waals surface area contributed by atoms with Gasteiger partial charge in [0.25, 0.3) is 0 Å². The Morgan fingerprint density at radius 3 is 2.77 bits per heavy atom. The molecule has 0 amide bonds. The van der Waals surface area contributed by atoms with Crippen LogP contribution in [0.5, 0.6) is 0 Å². The van der Waals surface area contributed by atoms with Gasteiger partial charge in [-0.3, -0.25) is 0 Å². The minimum atomic E-state index is -0.111. The van der Waals surface area contributed by atoms with Crippen molar-refractivity contribution < 1.29 is 0 Å². The Bertz CT molecular complexity index is 1330. The van der Waals surface area contributed by atoms with Crippen LogP contribution in [0, 0.1) is 0 Å². The number of hydrogen-bond donors (Lipinski definition) is 0. The highest BCUT2D eigenvalue weighted by Gasteiger charge is 2.24. The predicted octanol–water partition coefficient (Wildman–Crippen LogP) is 6.52. The summed E-state index contributed by atoms with van der Waals surface area (Å²) in [6, 6.07) is 23.8. The van der Waals surface area contributed by atoms with Gasteiger partial charge in [0.15, 0.2) is 6.17 Å². The number of aromatic nitrogens is 1. The number of hydrogen-bond acceptors (Lipinski definition) is 3. The van der Waals surface area contributed by atoms with Crippen molar-refractivity contribution in [1.29, 1.82) is 0 Å². The fourth-order valence-corrected chi connectivity index (χ4v) is 5.10. The molecule has 3 heterocycles. The SMILES string of the molecule is c1ccc2c(c1)CN=NC2n1c2ccccc2c2c3sccc3ccc21. The highest BCUT2D eigenvalue weighted by Crippen LogP contribution is 2.41. The lowest BCUT2D eigenvalue weighted by atomic mass is 10.0. The molecule has 1 aliphatic heterocycles. The highest BCUT2D eigenvalue weighted by molar-refractivity contribution is 7.18. The Balaban J connectivity index is 1.78. The smallest absolute Gasteiger partial charge is 0.172 e. The summed E-state index contributed by atoms with van der Waals surface area (Å²) in [6.07, 6.45) is -0.111. The van der Waals surface area contributed by atoms with E-state index in [4.69, 9.17) is 0 Å². The third-order valence-electron chi connectivity index (χ3n) is 5.30. The molecular formula is C22H15N3S. The Morgan fingerprint density at radius 1 is 0.885 bits per heavy atom. The molecule has 3 nitrogen and oxygen atoms in total. The molecule has 5 aromatic rings. The Labute approximate surface area is 154 Å². The number of nitrogens with zero attached hydrogens (tertiary/aromatic N) is 3. The zero-order valence-corrected chi connectivity index (χ0v) is 14.8. The second-order valence-corrected chi connectivity index (χ2v) is 7.59. The molecule has 0 saturated heterocycles. The van der Waals surface area contributed by atoms with Gasteiger partial charge in [0, 0.05) is 21.0 Å². The minimum Gasteiger partial charge on any atom is -0.312 e. The van der Waals surface area contributed by atoms with Gasteiger partial charge in [0.05, 0.1) is 17.6 Å². The molecule has 0 bridgehead atoms. The first-order chi connectivity index (χ1) is 12.9. The van der Waals surface area contributed by atoms with Gasteiger partial charge >= 0.3 is 0 Å². The number of rotatable bonds is 1. The van der Waals surface area contributed by atoms with Gasteiger partial charge in [0.1, 0.15) is 0 Å². The van der Waals surface area contributed by atoms with E-state index in [1.807, 2.05) is 11.3 Å². The molecule has 124 valence electrons. The summed E-state index contributed by atoms with van der Waals surface area (Å²) >= 11 is 1.81. The summed E-state index contributed by atoms with van der Waals surface area (Å²) in [7, 11) is 0. The molecule has 4 heteroatoms. The molecular weight excluding hydrogens is 338 g/mol. The summed E-state index contributed by atoms with van der Waals surface area (Å²) in [5.74, 6) is 0. The minimum absolute atomic E-state index is 0.111. The maximum Gasteiger partial charge on any atom is 0.172 e. The predicted molar refractivity (Wildman–Crippen MR) is 108 cm³/mol.